The lowest BCUT2D eigenvalue weighted by Gasteiger charge is -2.08. The van der Waals surface area contributed by atoms with Crippen LogP contribution in [-0.4, -0.2) is 12.6 Å². The number of nitrogens with zero attached hydrogens (tertiary/aromatic N) is 1. The van der Waals surface area contributed by atoms with E-state index in [-0.39, 0.29) is 12.5 Å². The Kier molecular flexibility index (Phi) is 3.47. The van der Waals surface area contributed by atoms with Crippen LogP contribution in [0.15, 0.2) is 29.3 Å². The normalized spacial score (nSPS) is 12.7. The summed E-state index contributed by atoms with van der Waals surface area (Å²) in [6.45, 7) is 2.10. The van der Waals surface area contributed by atoms with Crippen LogP contribution >= 0.6 is 0 Å². The van der Waals surface area contributed by atoms with Crippen LogP contribution in [0.1, 0.15) is 22.2 Å². The highest BCUT2D eigenvalue weighted by atomic mass is 16.5. The number of ether oxygens (including phenoxy) is 1. The number of aliphatic imine (C=N–C) groups is 1. The molecule has 1 aromatic carbocycles. The number of benzene rings is 1. The number of carbonyl (C=O) groups excluding carboxylic acids is 1. The minimum absolute atomic E-state index is 0.234. The zero-order chi connectivity index (χ0) is 12.9. The van der Waals surface area contributed by atoms with E-state index in [1.54, 1.807) is 38.1 Å². The molecule has 0 bridgehead atoms. The van der Waals surface area contributed by atoms with Crippen molar-refractivity contribution in [3.63, 3.8) is 0 Å². The fraction of sp³-hybridized carbons (Fsp3) is 0.417. The van der Waals surface area contributed by atoms with E-state index in [9.17, 15) is 4.79 Å². The molecule has 0 aliphatic rings. The smallest absolute Gasteiger partial charge is 0.235 e. The Labute approximate surface area is 92.6 Å². The third-order valence-corrected chi connectivity index (χ3v) is 1.66. The first-order chi connectivity index (χ1) is 7.95. The minimum Gasteiger partial charge on any atom is -0.493 e. The number of rotatable bonds is 5. The SMILES string of the molecule is [2H]C([2H])(Oc1ccc(CN=C=O)cc1)C(C)C. The summed E-state index contributed by atoms with van der Waals surface area (Å²) in [5.74, 6) is 0.226. The van der Waals surface area contributed by atoms with Gasteiger partial charge in [0.2, 0.25) is 6.08 Å². The molecule has 1 rings (SSSR count). The lowest BCUT2D eigenvalue weighted by molar-refractivity contribution is 0.271. The zero-order valence-electron chi connectivity index (χ0n) is 10.9. The molecule has 3 nitrogen and oxygen atoms in total. The fourth-order valence-electron chi connectivity index (χ4n) is 0.972. The van der Waals surface area contributed by atoms with E-state index < -0.39 is 6.56 Å². The van der Waals surface area contributed by atoms with Gasteiger partial charge in [0.1, 0.15) is 5.75 Å². The summed E-state index contributed by atoms with van der Waals surface area (Å²) < 4.78 is 20.6. The van der Waals surface area contributed by atoms with E-state index in [1.807, 2.05) is 0 Å². The van der Waals surface area contributed by atoms with Crippen molar-refractivity contribution in [1.82, 2.24) is 0 Å². The van der Waals surface area contributed by atoms with E-state index >= 15 is 0 Å². The number of hydrogen-bond donors (Lipinski definition) is 0. The Morgan fingerprint density at radius 1 is 1.47 bits per heavy atom. The van der Waals surface area contributed by atoms with E-state index in [2.05, 4.69) is 4.99 Å². The van der Waals surface area contributed by atoms with Crippen molar-refractivity contribution in [1.29, 1.82) is 0 Å². The second-order valence-electron chi connectivity index (χ2n) is 3.43. The number of hydrogen-bond acceptors (Lipinski definition) is 3. The molecule has 0 spiro atoms. The van der Waals surface area contributed by atoms with Gasteiger partial charge in [0, 0.05) is 0 Å². The molecule has 0 N–H and O–H groups in total. The second kappa shape index (κ2) is 5.99. The van der Waals surface area contributed by atoms with Crippen molar-refractivity contribution >= 4 is 6.08 Å². The van der Waals surface area contributed by atoms with E-state index in [0.717, 1.165) is 5.56 Å². The van der Waals surface area contributed by atoms with Crippen LogP contribution in [0.5, 0.6) is 5.75 Å². The first-order valence-electron chi connectivity index (χ1n) is 5.77. The third-order valence-electron chi connectivity index (χ3n) is 1.66. The first-order valence-corrected chi connectivity index (χ1v) is 4.77. The van der Waals surface area contributed by atoms with Gasteiger partial charge in [0.05, 0.1) is 15.8 Å². The first kappa shape index (κ1) is 8.69. The Bertz CT molecular complexity index is 409. The highest BCUT2D eigenvalue weighted by Gasteiger charge is 1.97. The van der Waals surface area contributed by atoms with Crippen LogP contribution in [0, 0.1) is 5.92 Å². The van der Waals surface area contributed by atoms with Gasteiger partial charge in [-0.15, -0.1) is 0 Å². The molecule has 1 aromatic rings. The van der Waals surface area contributed by atoms with Crippen molar-refractivity contribution in [3.05, 3.63) is 29.8 Å². The topological polar surface area (TPSA) is 38.7 Å². The maximum absolute atomic E-state index is 9.94. The van der Waals surface area contributed by atoms with Crippen LogP contribution in [-0.2, 0) is 11.3 Å². The van der Waals surface area contributed by atoms with Gasteiger partial charge in [-0.2, -0.15) is 0 Å². The van der Waals surface area contributed by atoms with Gasteiger partial charge >= 0.3 is 0 Å². The highest BCUT2D eigenvalue weighted by Crippen LogP contribution is 2.13. The molecule has 0 heterocycles. The Hall–Kier alpha value is -1.60. The summed E-state index contributed by atoms with van der Waals surface area (Å²) in [6, 6.07) is 6.81. The quantitative estimate of drug-likeness (QED) is 0.549. The summed E-state index contributed by atoms with van der Waals surface area (Å²) in [6.07, 6.45) is 1.47. The molecule has 0 aliphatic carbocycles. The van der Waals surface area contributed by atoms with Gasteiger partial charge < -0.3 is 4.74 Å². The van der Waals surface area contributed by atoms with Crippen LogP contribution < -0.4 is 4.74 Å². The molecule has 0 amide bonds. The van der Waals surface area contributed by atoms with Crippen molar-refractivity contribution in [2.45, 2.75) is 20.4 Å². The van der Waals surface area contributed by atoms with Gasteiger partial charge in [0.25, 0.3) is 0 Å². The van der Waals surface area contributed by atoms with E-state index in [1.165, 1.54) is 6.08 Å². The Morgan fingerprint density at radius 2 is 2.13 bits per heavy atom. The van der Waals surface area contributed by atoms with E-state index in [4.69, 9.17) is 7.48 Å². The average Bonchev–Trinajstić information content (AvgIpc) is 2.27. The van der Waals surface area contributed by atoms with Gasteiger partial charge in [-0.1, -0.05) is 26.0 Å². The van der Waals surface area contributed by atoms with Gasteiger partial charge in [0.15, 0.2) is 0 Å². The highest BCUT2D eigenvalue weighted by molar-refractivity contribution is 5.34. The predicted octanol–water partition coefficient (Wildman–Crippen LogP) is 2.56. The molecular weight excluding hydrogens is 190 g/mol. The summed E-state index contributed by atoms with van der Waals surface area (Å²) in [7, 11) is 0. The summed E-state index contributed by atoms with van der Waals surface area (Å²) in [5.41, 5.74) is 0.853. The monoisotopic (exact) mass is 207 g/mol. The molecular formula is C12H15NO2. The third kappa shape index (κ3) is 4.43. The second-order valence-corrected chi connectivity index (χ2v) is 3.43. The molecule has 0 fully saturated rings. The Balaban J connectivity index is 2.71. The van der Waals surface area contributed by atoms with Crippen LogP contribution in [0.4, 0.5) is 0 Å². The zero-order valence-corrected chi connectivity index (χ0v) is 8.86. The predicted molar refractivity (Wildman–Crippen MR) is 58.6 cm³/mol. The van der Waals surface area contributed by atoms with Crippen LogP contribution in [0.3, 0.4) is 0 Å². The van der Waals surface area contributed by atoms with Crippen molar-refractivity contribution in [3.8, 4) is 5.75 Å². The molecule has 0 saturated carbocycles. The molecule has 0 aromatic heterocycles. The van der Waals surface area contributed by atoms with Crippen LogP contribution in [0.2, 0.25) is 0 Å². The maximum Gasteiger partial charge on any atom is 0.235 e. The molecule has 0 aliphatic heterocycles. The largest absolute Gasteiger partial charge is 0.493 e. The molecule has 0 atom stereocenters. The molecule has 0 unspecified atom stereocenters. The summed E-state index contributed by atoms with van der Waals surface area (Å²) in [5, 5.41) is 0. The van der Waals surface area contributed by atoms with E-state index in [0.29, 0.717) is 5.75 Å². The maximum atomic E-state index is 9.94. The summed E-state index contributed by atoms with van der Waals surface area (Å²) in [4.78, 5) is 13.4. The fourth-order valence-corrected chi connectivity index (χ4v) is 0.972. The minimum atomic E-state index is -1.69. The molecule has 0 radical (unpaired) electrons. The lowest BCUT2D eigenvalue weighted by Crippen LogP contribution is -2.04. The molecule has 15 heavy (non-hydrogen) atoms. The van der Waals surface area contributed by atoms with Crippen LogP contribution in [0.25, 0.3) is 0 Å². The summed E-state index contributed by atoms with van der Waals surface area (Å²) >= 11 is 0. The van der Waals surface area contributed by atoms with Crippen molar-refractivity contribution in [2.75, 3.05) is 6.56 Å². The Morgan fingerprint density at radius 3 is 2.67 bits per heavy atom. The van der Waals surface area contributed by atoms with Gasteiger partial charge in [-0.3, -0.25) is 0 Å². The standard InChI is InChI=1S/C12H15NO2/c1-10(2)8-15-12-5-3-11(4-6-12)7-13-9-14/h3-6,10H,7-8H2,1-2H3/i8D2. The number of isocyanates is 1. The van der Waals surface area contributed by atoms with Gasteiger partial charge in [-0.25, -0.2) is 9.79 Å². The average molecular weight is 207 g/mol. The van der Waals surface area contributed by atoms with Crippen molar-refractivity contribution in [2.24, 2.45) is 10.9 Å². The molecule has 80 valence electrons. The molecule has 0 saturated heterocycles. The van der Waals surface area contributed by atoms with Gasteiger partial charge in [-0.05, 0) is 23.6 Å². The molecule has 3 heteroatoms. The lowest BCUT2D eigenvalue weighted by atomic mass is 10.2. The van der Waals surface area contributed by atoms with Crippen molar-refractivity contribution < 1.29 is 12.3 Å².